The lowest BCUT2D eigenvalue weighted by Crippen LogP contribution is -1.84. The predicted octanol–water partition coefficient (Wildman–Crippen LogP) is 0.436. The summed E-state index contributed by atoms with van der Waals surface area (Å²) < 4.78 is 0. The van der Waals surface area contributed by atoms with Crippen LogP contribution in [0.5, 0.6) is 0 Å². The highest BCUT2D eigenvalue weighted by Gasteiger charge is 1.83. The van der Waals surface area contributed by atoms with E-state index in [0.29, 0.717) is 0 Å². The molecule has 3 nitrogen and oxygen atoms in total. The monoisotopic (exact) mass is 127 g/mol. The van der Waals surface area contributed by atoms with E-state index in [1.54, 1.807) is 5.51 Å². The van der Waals surface area contributed by atoms with Gasteiger partial charge in [0.05, 0.1) is 17.4 Å². The summed E-state index contributed by atoms with van der Waals surface area (Å²) in [5.41, 5.74) is 2.55. The highest BCUT2D eigenvalue weighted by Crippen LogP contribution is 1.95. The van der Waals surface area contributed by atoms with Crippen molar-refractivity contribution in [2.75, 3.05) is 0 Å². The maximum atomic E-state index is 4.85. The Labute approximate surface area is 50.9 Å². The molecule has 0 saturated heterocycles. The minimum absolute atomic E-state index is 0.817. The van der Waals surface area contributed by atoms with Gasteiger partial charge in [-0.25, -0.2) is 4.98 Å². The van der Waals surface area contributed by atoms with E-state index in [2.05, 4.69) is 10.1 Å². The van der Waals surface area contributed by atoms with Crippen molar-refractivity contribution < 1.29 is 0 Å². The molecule has 0 atom stereocenters. The lowest BCUT2D eigenvalue weighted by molar-refractivity contribution is 1.25. The van der Waals surface area contributed by atoms with Gasteiger partial charge in [-0.15, -0.1) is 11.3 Å². The SMILES string of the molecule is N/N=C/c1cscn1. The van der Waals surface area contributed by atoms with E-state index in [-0.39, 0.29) is 0 Å². The van der Waals surface area contributed by atoms with Gasteiger partial charge in [0.25, 0.3) is 0 Å². The van der Waals surface area contributed by atoms with Crippen LogP contribution in [-0.2, 0) is 0 Å². The van der Waals surface area contributed by atoms with Crippen LogP contribution in [0, 0.1) is 0 Å². The number of rotatable bonds is 1. The fourth-order valence-corrected chi connectivity index (χ4v) is 0.867. The smallest absolute Gasteiger partial charge is 0.0939 e. The molecule has 1 heterocycles. The van der Waals surface area contributed by atoms with Gasteiger partial charge in [-0.2, -0.15) is 5.10 Å². The molecule has 8 heavy (non-hydrogen) atoms. The highest BCUT2D eigenvalue weighted by atomic mass is 32.1. The van der Waals surface area contributed by atoms with Crippen LogP contribution in [0.1, 0.15) is 5.69 Å². The van der Waals surface area contributed by atoms with Gasteiger partial charge in [-0.3, -0.25) is 0 Å². The van der Waals surface area contributed by atoms with Gasteiger partial charge in [0, 0.05) is 5.38 Å². The third-order valence-corrected chi connectivity index (χ3v) is 1.26. The molecule has 2 N–H and O–H groups in total. The molecule has 0 amide bonds. The number of aromatic nitrogens is 1. The van der Waals surface area contributed by atoms with Gasteiger partial charge in [-0.1, -0.05) is 0 Å². The zero-order valence-electron chi connectivity index (χ0n) is 4.11. The van der Waals surface area contributed by atoms with Crippen molar-refractivity contribution in [1.82, 2.24) is 4.98 Å². The summed E-state index contributed by atoms with van der Waals surface area (Å²) in [6.45, 7) is 0. The Morgan fingerprint density at radius 1 is 1.88 bits per heavy atom. The second kappa shape index (κ2) is 2.42. The van der Waals surface area contributed by atoms with Gasteiger partial charge in [0.2, 0.25) is 0 Å². The van der Waals surface area contributed by atoms with E-state index in [1.165, 1.54) is 17.6 Å². The maximum absolute atomic E-state index is 4.85. The summed E-state index contributed by atoms with van der Waals surface area (Å²) in [4.78, 5) is 3.90. The van der Waals surface area contributed by atoms with Crippen molar-refractivity contribution in [3.8, 4) is 0 Å². The summed E-state index contributed by atoms with van der Waals surface area (Å²) in [6.07, 6.45) is 1.51. The molecule has 42 valence electrons. The molecule has 1 aromatic rings. The van der Waals surface area contributed by atoms with E-state index in [9.17, 15) is 0 Å². The number of nitrogens with zero attached hydrogens (tertiary/aromatic N) is 2. The Morgan fingerprint density at radius 2 is 2.75 bits per heavy atom. The molecule has 0 aliphatic heterocycles. The maximum Gasteiger partial charge on any atom is 0.0939 e. The second-order valence-electron chi connectivity index (χ2n) is 1.19. The minimum Gasteiger partial charge on any atom is -0.323 e. The first kappa shape index (κ1) is 5.24. The molecule has 0 bridgehead atoms. The third-order valence-electron chi connectivity index (χ3n) is 0.658. The molecule has 4 heteroatoms. The minimum atomic E-state index is 0.817. The fraction of sp³-hybridized carbons (Fsp3) is 0. The molecule has 0 saturated carbocycles. The first-order valence-electron chi connectivity index (χ1n) is 2.05. The number of hydrogen-bond acceptors (Lipinski definition) is 4. The average molecular weight is 127 g/mol. The van der Waals surface area contributed by atoms with Crippen molar-refractivity contribution in [2.24, 2.45) is 10.9 Å². The van der Waals surface area contributed by atoms with Crippen molar-refractivity contribution >= 4 is 17.6 Å². The van der Waals surface area contributed by atoms with Crippen LogP contribution in [0.4, 0.5) is 0 Å². The molecule has 0 fully saturated rings. The molecule has 0 aromatic carbocycles. The van der Waals surface area contributed by atoms with Crippen molar-refractivity contribution in [3.63, 3.8) is 0 Å². The Kier molecular flexibility index (Phi) is 1.58. The van der Waals surface area contributed by atoms with Crippen LogP contribution in [0.25, 0.3) is 0 Å². The second-order valence-corrected chi connectivity index (χ2v) is 1.91. The Morgan fingerprint density at radius 3 is 3.25 bits per heavy atom. The first-order chi connectivity index (χ1) is 3.93. The number of hydrogen-bond donors (Lipinski definition) is 1. The first-order valence-corrected chi connectivity index (χ1v) is 2.99. The largest absolute Gasteiger partial charge is 0.323 e. The predicted molar refractivity (Wildman–Crippen MR) is 33.9 cm³/mol. The van der Waals surface area contributed by atoms with E-state index in [1.807, 2.05) is 5.38 Å². The van der Waals surface area contributed by atoms with Crippen LogP contribution < -0.4 is 5.84 Å². The van der Waals surface area contributed by atoms with Crippen molar-refractivity contribution in [2.45, 2.75) is 0 Å². The molecule has 0 aliphatic carbocycles. The number of nitrogens with two attached hydrogens (primary N) is 1. The Bertz CT molecular complexity index is 167. The van der Waals surface area contributed by atoms with Crippen LogP contribution in [0.3, 0.4) is 0 Å². The normalized spacial score (nSPS) is 10.5. The lowest BCUT2D eigenvalue weighted by Gasteiger charge is -1.73. The summed E-state index contributed by atoms with van der Waals surface area (Å²) in [7, 11) is 0. The number of thiazole rings is 1. The van der Waals surface area contributed by atoms with Crippen LogP contribution in [0.2, 0.25) is 0 Å². The van der Waals surface area contributed by atoms with Gasteiger partial charge in [0.15, 0.2) is 0 Å². The Hall–Kier alpha value is -0.900. The van der Waals surface area contributed by atoms with Crippen molar-refractivity contribution in [3.05, 3.63) is 16.6 Å². The molecule has 0 spiro atoms. The molecule has 1 rings (SSSR count). The van der Waals surface area contributed by atoms with Gasteiger partial charge >= 0.3 is 0 Å². The summed E-state index contributed by atoms with van der Waals surface area (Å²) in [6, 6.07) is 0. The van der Waals surface area contributed by atoms with Gasteiger partial charge in [-0.05, 0) is 0 Å². The van der Waals surface area contributed by atoms with Crippen LogP contribution in [-0.4, -0.2) is 11.2 Å². The van der Waals surface area contributed by atoms with E-state index >= 15 is 0 Å². The highest BCUT2D eigenvalue weighted by molar-refractivity contribution is 7.07. The fourth-order valence-electron chi connectivity index (χ4n) is 0.362. The van der Waals surface area contributed by atoms with Crippen molar-refractivity contribution in [1.29, 1.82) is 0 Å². The Balaban J connectivity index is 2.77. The lowest BCUT2D eigenvalue weighted by atomic mass is 10.6. The molecule has 1 aromatic heterocycles. The molecular formula is C4H5N3S. The zero-order valence-corrected chi connectivity index (χ0v) is 4.93. The summed E-state index contributed by atoms with van der Waals surface area (Å²) in [5, 5.41) is 5.17. The zero-order chi connectivity index (χ0) is 5.82. The van der Waals surface area contributed by atoms with E-state index < -0.39 is 0 Å². The van der Waals surface area contributed by atoms with Crippen LogP contribution in [0.15, 0.2) is 16.0 Å². The molecule has 0 unspecified atom stereocenters. The van der Waals surface area contributed by atoms with E-state index in [0.717, 1.165) is 5.69 Å². The summed E-state index contributed by atoms with van der Waals surface area (Å²) >= 11 is 1.52. The van der Waals surface area contributed by atoms with E-state index in [4.69, 9.17) is 5.84 Å². The number of hydrazone groups is 1. The quantitative estimate of drug-likeness (QED) is 0.338. The molecule has 0 radical (unpaired) electrons. The topological polar surface area (TPSA) is 51.3 Å². The third kappa shape index (κ3) is 1.04. The molecule has 0 aliphatic rings. The summed E-state index contributed by atoms with van der Waals surface area (Å²) in [5.74, 6) is 4.85. The molecular weight excluding hydrogens is 122 g/mol. The standard InChI is InChI=1S/C4H5N3S/c5-7-1-4-2-8-3-6-4/h1-3H,5H2/b7-1+. The van der Waals surface area contributed by atoms with Gasteiger partial charge < -0.3 is 5.84 Å². The van der Waals surface area contributed by atoms with Gasteiger partial charge in [0.1, 0.15) is 0 Å². The average Bonchev–Trinajstić information content (AvgIpc) is 2.19. The van der Waals surface area contributed by atoms with Crippen LogP contribution >= 0.6 is 11.3 Å².